The SMILES string of the molecule is O=C1Nc2ccc(-c3cccc([N+](=O)[O-])c3)cc2C2(CCCCC2)O1. The van der Waals surface area contributed by atoms with Gasteiger partial charge in [0.1, 0.15) is 5.60 Å². The van der Waals surface area contributed by atoms with E-state index in [0.29, 0.717) is 0 Å². The van der Waals surface area contributed by atoms with Crippen LogP contribution in [0.5, 0.6) is 0 Å². The fourth-order valence-corrected chi connectivity index (χ4v) is 3.87. The Morgan fingerprint density at radius 1 is 1.04 bits per heavy atom. The highest BCUT2D eigenvalue weighted by Gasteiger charge is 2.42. The average molecular weight is 338 g/mol. The zero-order valence-corrected chi connectivity index (χ0v) is 13.7. The van der Waals surface area contributed by atoms with Crippen molar-refractivity contribution in [3.05, 3.63) is 58.1 Å². The summed E-state index contributed by atoms with van der Waals surface area (Å²) in [4.78, 5) is 22.6. The van der Waals surface area contributed by atoms with Gasteiger partial charge in [-0.1, -0.05) is 24.6 Å². The smallest absolute Gasteiger partial charge is 0.412 e. The van der Waals surface area contributed by atoms with E-state index in [9.17, 15) is 14.9 Å². The van der Waals surface area contributed by atoms with Gasteiger partial charge in [-0.2, -0.15) is 0 Å². The number of amides is 1. The maximum atomic E-state index is 12.0. The maximum Gasteiger partial charge on any atom is 0.412 e. The van der Waals surface area contributed by atoms with Crippen molar-refractivity contribution in [3.8, 4) is 11.1 Å². The molecule has 1 aliphatic carbocycles. The summed E-state index contributed by atoms with van der Waals surface area (Å²) in [6.45, 7) is 0. The summed E-state index contributed by atoms with van der Waals surface area (Å²) >= 11 is 0. The predicted molar refractivity (Wildman–Crippen MR) is 93.4 cm³/mol. The minimum atomic E-state index is -0.577. The van der Waals surface area contributed by atoms with Gasteiger partial charge in [-0.25, -0.2) is 4.79 Å². The molecule has 0 unspecified atom stereocenters. The highest BCUT2D eigenvalue weighted by molar-refractivity contribution is 5.90. The second-order valence-electron chi connectivity index (χ2n) is 6.64. The number of carbonyl (C=O) groups excluding carboxylic acids is 1. The van der Waals surface area contributed by atoms with Gasteiger partial charge < -0.3 is 4.74 Å². The lowest BCUT2D eigenvalue weighted by Crippen LogP contribution is -2.41. The molecule has 2 aromatic carbocycles. The average Bonchev–Trinajstić information content (AvgIpc) is 2.62. The lowest BCUT2D eigenvalue weighted by atomic mass is 9.77. The van der Waals surface area contributed by atoms with Gasteiger partial charge in [0.05, 0.1) is 10.6 Å². The van der Waals surface area contributed by atoms with E-state index >= 15 is 0 Å². The van der Waals surface area contributed by atoms with E-state index in [2.05, 4.69) is 5.32 Å². The van der Waals surface area contributed by atoms with Crippen LogP contribution in [0.3, 0.4) is 0 Å². The molecule has 0 bridgehead atoms. The van der Waals surface area contributed by atoms with Gasteiger partial charge in [-0.3, -0.25) is 15.4 Å². The summed E-state index contributed by atoms with van der Waals surface area (Å²) in [7, 11) is 0. The molecule has 6 heteroatoms. The predicted octanol–water partition coefficient (Wildman–Crippen LogP) is 4.98. The summed E-state index contributed by atoms with van der Waals surface area (Å²) in [6.07, 6.45) is 4.41. The standard InChI is InChI=1S/C19H18N2O4/c22-18-20-17-8-7-14(13-5-4-6-15(11-13)21(23)24)12-16(17)19(25-18)9-2-1-3-10-19/h4-8,11-12H,1-3,9-10H2,(H,20,22). The number of nitro groups is 1. The van der Waals surface area contributed by atoms with E-state index in [1.165, 1.54) is 6.07 Å². The normalized spacial score (nSPS) is 18.2. The quantitative estimate of drug-likeness (QED) is 0.618. The minimum absolute atomic E-state index is 0.0622. The van der Waals surface area contributed by atoms with E-state index in [-0.39, 0.29) is 5.69 Å². The van der Waals surface area contributed by atoms with Crippen LogP contribution in [-0.4, -0.2) is 11.0 Å². The molecule has 4 rings (SSSR count). The monoisotopic (exact) mass is 338 g/mol. The molecule has 0 atom stereocenters. The minimum Gasteiger partial charge on any atom is -0.438 e. The van der Waals surface area contributed by atoms with Gasteiger partial charge >= 0.3 is 6.09 Å². The summed E-state index contributed by atoms with van der Waals surface area (Å²) in [5, 5.41) is 13.8. The van der Waals surface area contributed by atoms with Crippen LogP contribution in [0.15, 0.2) is 42.5 Å². The number of non-ortho nitro benzene ring substituents is 1. The molecule has 6 nitrogen and oxygen atoms in total. The van der Waals surface area contributed by atoms with Crippen molar-refractivity contribution in [3.63, 3.8) is 0 Å². The number of ether oxygens (including phenoxy) is 1. The maximum absolute atomic E-state index is 12.0. The highest BCUT2D eigenvalue weighted by Crippen LogP contribution is 2.47. The Hall–Kier alpha value is -2.89. The number of nitro benzene ring substituents is 1. The van der Waals surface area contributed by atoms with E-state index in [0.717, 1.165) is 54.5 Å². The molecular weight excluding hydrogens is 320 g/mol. The zero-order valence-electron chi connectivity index (χ0n) is 13.7. The molecule has 1 amide bonds. The van der Waals surface area contributed by atoms with Crippen molar-refractivity contribution < 1.29 is 14.5 Å². The van der Waals surface area contributed by atoms with Gasteiger partial charge in [0.25, 0.3) is 5.69 Å². The largest absolute Gasteiger partial charge is 0.438 e. The molecule has 1 saturated carbocycles. The molecule has 2 aliphatic rings. The van der Waals surface area contributed by atoms with Crippen LogP contribution >= 0.6 is 0 Å². The molecular formula is C19H18N2O4. The molecule has 1 N–H and O–H groups in total. The number of benzene rings is 2. The molecule has 0 radical (unpaired) electrons. The van der Waals surface area contributed by atoms with E-state index in [1.54, 1.807) is 12.1 Å². The number of fused-ring (bicyclic) bond motifs is 2. The van der Waals surface area contributed by atoms with Crippen molar-refractivity contribution in [1.82, 2.24) is 0 Å². The van der Waals surface area contributed by atoms with Crippen molar-refractivity contribution in [2.75, 3.05) is 5.32 Å². The van der Waals surface area contributed by atoms with Gasteiger partial charge in [-0.05, 0) is 48.9 Å². The van der Waals surface area contributed by atoms with Crippen LogP contribution < -0.4 is 5.32 Å². The first-order valence-electron chi connectivity index (χ1n) is 8.47. The van der Waals surface area contributed by atoms with Crippen LogP contribution in [0.1, 0.15) is 37.7 Å². The Morgan fingerprint density at radius 3 is 2.56 bits per heavy atom. The van der Waals surface area contributed by atoms with Crippen LogP contribution in [0, 0.1) is 10.1 Å². The number of hydrogen-bond donors (Lipinski definition) is 1. The lowest BCUT2D eigenvalue weighted by Gasteiger charge is -2.41. The van der Waals surface area contributed by atoms with E-state index in [4.69, 9.17) is 4.74 Å². The number of rotatable bonds is 2. The van der Waals surface area contributed by atoms with E-state index in [1.807, 2.05) is 24.3 Å². The van der Waals surface area contributed by atoms with Crippen LogP contribution in [0.2, 0.25) is 0 Å². The Morgan fingerprint density at radius 2 is 1.80 bits per heavy atom. The fraction of sp³-hybridized carbons (Fsp3) is 0.316. The first-order chi connectivity index (χ1) is 12.1. The molecule has 128 valence electrons. The first kappa shape index (κ1) is 15.6. The molecule has 0 saturated heterocycles. The second kappa shape index (κ2) is 5.88. The van der Waals surface area contributed by atoms with Crippen molar-refractivity contribution in [2.24, 2.45) is 0 Å². The third-order valence-electron chi connectivity index (χ3n) is 5.09. The topological polar surface area (TPSA) is 81.5 Å². The lowest BCUT2D eigenvalue weighted by molar-refractivity contribution is -0.384. The molecule has 25 heavy (non-hydrogen) atoms. The third-order valence-corrected chi connectivity index (χ3v) is 5.09. The highest BCUT2D eigenvalue weighted by atomic mass is 16.6. The van der Waals surface area contributed by atoms with Crippen LogP contribution in [-0.2, 0) is 10.3 Å². The van der Waals surface area contributed by atoms with E-state index < -0.39 is 16.6 Å². The third kappa shape index (κ3) is 2.73. The fourth-order valence-electron chi connectivity index (χ4n) is 3.87. The first-order valence-corrected chi connectivity index (χ1v) is 8.47. The Labute approximate surface area is 145 Å². The van der Waals surface area contributed by atoms with Gasteiger partial charge in [0.2, 0.25) is 0 Å². The zero-order chi connectivity index (χ0) is 17.4. The van der Waals surface area contributed by atoms with Crippen molar-refractivity contribution in [2.45, 2.75) is 37.7 Å². The van der Waals surface area contributed by atoms with Gasteiger partial charge in [0, 0.05) is 17.7 Å². The van der Waals surface area contributed by atoms with Crippen LogP contribution in [0.4, 0.5) is 16.2 Å². The number of hydrogen-bond acceptors (Lipinski definition) is 4. The summed E-state index contributed by atoms with van der Waals surface area (Å²) in [6, 6.07) is 12.3. The van der Waals surface area contributed by atoms with Crippen molar-refractivity contribution >= 4 is 17.5 Å². The number of nitrogens with zero attached hydrogens (tertiary/aromatic N) is 1. The molecule has 1 aliphatic heterocycles. The van der Waals surface area contributed by atoms with Gasteiger partial charge in [0.15, 0.2) is 0 Å². The number of anilines is 1. The Bertz CT molecular complexity index is 856. The van der Waals surface area contributed by atoms with Crippen LogP contribution in [0.25, 0.3) is 11.1 Å². The molecule has 1 heterocycles. The molecule has 1 spiro atoms. The summed E-state index contributed by atoms with van der Waals surface area (Å²) in [5.41, 5.74) is 2.88. The second-order valence-corrected chi connectivity index (χ2v) is 6.64. The van der Waals surface area contributed by atoms with Gasteiger partial charge in [-0.15, -0.1) is 0 Å². The number of nitrogens with one attached hydrogen (secondary N) is 1. The molecule has 1 fully saturated rings. The summed E-state index contributed by atoms with van der Waals surface area (Å²) in [5.74, 6) is 0. The molecule has 2 aromatic rings. The molecule has 0 aromatic heterocycles. The Kier molecular flexibility index (Phi) is 3.67. The Balaban J connectivity index is 1.81. The number of carbonyl (C=O) groups is 1. The van der Waals surface area contributed by atoms with Crippen molar-refractivity contribution in [1.29, 1.82) is 0 Å². The summed E-state index contributed by atoms with van der Waals surface area (Å²) < 4.78 is 5.74.